The van der Waals surface area contributed by atoms with Gasteiger partial charge in [0.15, 0.2) is 0 Å². The molecule has 0 bridgehead atoms. The third-order valence-corrected chi connectivity index (χ3v) is 5.84. The molecule has 0 N–H and O–H groups in total. The highest BCUT2D eigenvalue weighted by molar-refractivity contribution is 14.1. The summed E-state index contributed by atoms with van der Waals surface area (Å²) in [4.78, 5) is 1.11. The Kier molecular flexibility index (Phi) is 4.58. The van der Waals surface area contributed by atoms with Crippen LogP contribution >= 0.6 is 73.1 Å². The van der Waals surface area contributed by atoms with Gasteiger partial charge in [-0.2, -0.15) is 0 Å². The Morgan fingerprint density at radius 2 is 2.06 bits per heavy atom. The van der Waals surface area contributed by atoms with Crippen LogP contribution in [-0.4, -0.2) is 0 Å². The average molecular weight is 448 g/mol. The molecule has 0 saturated heterocycles. The molecule has 0 fully saturated rings. The lowest BCUT2D eigenvalue weighted by atomic mass is 10.1. The van der Waals surface area contributed by atoms with Crippen molar-refractivity contribution in [2.75, 3.05) is 0 Å². The van der Waals surface area contributed by atoms with Gasteiger partial charge in [-0.3, -0.25) is 0 Å². The molecule has 0 spiro atoms. The van der Waals surface area contributed by atoms with Gasteiger partial charge < -0.3 is 0 Å². The Hall–Kier alpha value is 0.710. The summed E-state index contributed by atoms with van der Waals surface area (Å²) in [5, 5.41) is 2.58. The first-order valence-electron chi connectivity index (χ1n) is 4.41. The molecule has 1 unspecified atom stereocenters. The lowest BCUT2D eigenvalue weighted by Gasteiger charge is -2.11. The smallest absolute Gasteiger partial charge is 0.0949 e. The zero-order valence-corrected chi connectivity index (χ0v) is 14.0. The highest BCUT2D eigenvalue weighted by atomic mass is 127. The van der Waals surface area contributed by atoms with Gasteiger partial charge in [0.2, 0.25) is 0 Å². The van der Waals surface area contributed by atoms with Gasteiger partial charge in [-0.25, -0.2) is 0 Å². The SMILES string of the molecule is Clc1ccc(I)c(C(Cl)c2sccc2Br)c1. The lowest BCUT2D eigenvalue weighted by Crippen LogP contribution is -1.94. The molecule has 1 aromatic carbocycles. The third-order valence-electron chi connectivity index (χ3n) is 2.11. The van der Waals surface area contributed by atoms with Crippen molar-refractivity contribution < 1.29 is 0 Å². The Bertz CT molecular complexity index is 512. The molecule has 0 nitrogen and oxygen atoms in total. The van der Waals surface area contributed by atoms with Crippen LogP contribution in [0, 0.1) is 3.57 Å². The van der Waals surface area contributed by atoms with Crippen LogP contribution in [0.2, 0.25) is 5.02 Å². The molecule has 5 heteroatoms. The Balaban J connectivity index is 2.45. The minimum atomic E-state index is -0.153. The molecule has 0 radical (unpaired) electrons. The second kappa shape index (κ2) is 5.57. The van der Waals surface area contributed by atoms with Crippen LogP contribution in [0.1, 0.15) is 15.8 Å². The standard InChI is InChI=1S/C11H6BrCl2IS/c12-8-3-4-16-11(8)10(14)7-5-6(13)1-2-9(7)15/h1-5,10H. The van der Waals surface area contributed by atoms with Crippen LogP contribution in [0.25, 0.3) is 0 Å². The quantitative estimate of drug-likeness (QED) is 0.385. The number of alkyl halides is 1. The minimum Gasteiger partial charge on any atom is -0.146 e. The van der Waals surface area contributed by atoms with E-state index in [-0.39, 0.29) is 5.38 Å². The van der Waals surface area contributed by atoms with E-state index in [4.69, 9.17) is 23.2 Å². The number of hydrogen-bond acceptors (Lipinski definition) is 1. The second-order valence-electron chi connectivity index (χ2n) is 3.16. The fourth-order valence-electron chi connectivity index (χ4n) is 1.34. The van der Waals surface area contributed by atoms with Crippen LogP contribution in [0.5, 0.6) is 0 Å². The number of hydrogen-bond donors (Lipinski definition) is 0. The molecular formula is C11H6BrCl2IS. The zero-order chi connectivity index (χ0) is 11.7. The topological polar surface area (TPSA) is 0 Å². The van der Waals surface area contributed by atoms with Crippen molar-refractivity contribution in [3.8, 4) is 0 Å². The highest BCUT2D eigenvalue weighted by Gasteiger charge is 2.18. The molecule has 16 heavy (non-hydrogen) atoms. The maximum absolute atomic E-state index is 6.47. The normalized spacial score (nSPS) is 12.8. The summed E-state index contributed by atoms with van der Waals surface area (Å²) in [5.41, 5.74) is 1.05. The molecule has 84 valence electrons. The predicted molar refractivity (Wildman–Crippen MR) is 83.9 cm³/mol. The first kappa shape index (κ1) is 13.1. The number of rotatable bonds is 2. The maximum atomic E-state index is 6.47. The van der Waals surface area contributed by atoms with E-state index >= 15 is 0 Å². The van der Waals surface area contributed by atoms with E-state index in [2.05, 4.69) is 38.5 Å². The van der Waals surface area contributed by atoms with Crippen molar-refractivity contribution in [1.82, 2.24) is 0 Å². The summed E-state index contributed by atoms with van der Waals surface area (Å²) < 4.78 is 2.18. The largest absolute Gasteiger partial charge is 0.146 e. The van der Waals surface area contributed by atoms with E-state index in [9.17, 15) is 0 Å². The molecule has 0 aliphatic heterocycles. The van der Waals surface area contributed by atoms with Crippen molar-refractivity contribution in [3.05, 3.63) is 53.2 Å². The van der Waals surface area contributed by atoms with Gasteiger partial charge in [0.05, 0.1) is 5.38 Å². The first-order valence-corrected chi connectivity index (χ1v) is 7.98. The van der Waals surface area contributed by atoms with Crippen molar-refractivity contribution in [2.45, 2.75) is 5.38 Å². The summed E-state index contributed by atoms with van der Waals surface area (Å²) >= 11 is 19.9. The molecule has 2 aromatic rings. The van der Waals surface area contributed by atoms with Crippen LogP contribution in [0.15, 0.2) is 34.1 Å². The molecular weight excluding hydrogens is 442 g/mol. The van der Waals surface area contributed by atoms with Crippen molar-refractivity contribution in [2.24, 2.45) is 0 Å². The van der Waals surface area contributed by atoms with Gasteiger partial charge in [0.1, 0.15) is 0 Å². The van der Waals surface area contributed by atoms with E-state index < -0.39 is 0 Å². The molecule has 0 aliphatic rings. The summed E-state index contributed by atoms with van der Waals surface area (Å²) in [6.07, 6.45) is 0. The van der Waals surface area contributed by atoms with Gasteiger partial charge in [-0.05, 0) is 73.7 Å². The van der Waals surface area contributed by atoms with Crippen molar-refractivity contribution in [3.63, 3.8) is 0 Å². The van der Waals surface area contributed by atoms with Crippen LogP contribution in [-0.2, 0) is 0 Å². The van der Waals surface area contributed by atoms with Gasteiger partial charge in [-0.15, -0.1) is 22.9 Å². The van der Waals surface area contributed by atoms with E-state index in [0.29, 0.717) is 5.02 Å². The van der Waals surface area contributed by atoms with Gasteiger partial charge in [0, 0.05) is 17.9 Å². The van der Waals surface area contributed by atoms with Crippen LogP contribution < -0.4 is 0 Å². The third kappa shape index (κ3) is 2.75. The van der Waals surface area contributed by atoms with Crippen molar-refractivity contribution >= 4 is 73.1 Å². The Morgan fingerprint density at radius 3 is 2.69 bits per heavy atom. The van der Waals surface area contributed by atoms with Gasteiger partial charge in [0.25, 0.3) is 0 Å². The lowest BCUT2D eigenvalue weighted by molar-refractivity contribution is 1.16. The fourth-order valence-corrected chi connectivity index (χ4v) is 4.53. The monoisotopic (exact) mass is 446 g/mol. The first-order chi connectivity index (χ1) is 7.59. The minimum absolute atomic E-state index is 0.153. The van der Waals surface area contributed by atoms with Gasteiger partial charge in [-0.1, -0.05) is 11.6 Å². The van der Waals surface area contributed by atoms with E-state index in [1.54, 1.807) is 11.3 Å². The fraction of sp³-hybridized carbons (Fsp3) is 0.0909. The molecule has 0 saturated carbocycles. The van der Waals surface area contributed by atoms with Gasteiger partial charge >= 0.3 is 0 Å². The average Bonchev–Trinajstić information content (AvgIpc) is 2.67. The highest BCUT2D eigenvalue weighted by Crippen LogP contribution is 2.39. The molecule has 1 aromatic heterocycles. The molecule has 1 heterocycles. The number of halogens is 4. The van der Waals surface area contributed by atoms with E-state index in [1.165, 1.54) is 0 Å². The Labute approximate surface area is 130 Å². The number of thiophene rings is 1. The predicted octanol–water partition coefficient (Wildman–Crippen LogP) is 6.10. The number of benzene rings is 1. The van der Waals surface area contributed by atoms with Crippen molar-refractivity contribution in [1.29, 1.82) is 0 Å². The molecule has 0 amide bonds. The zero-order valence-electron chi connectivity index (χ0n) is 7.88. The van der Waals surface area contributed by atoms with E-state index in [1.807, 2.05) is 29.6 Å². The summed E-state index contributed by atoms with van der Waals surface area (Å²) in [6.45, 7) is 0. The Morgan fingerprint density at radius 1 is 1.31 bits per heavy atom. The summed E-state index contributed by atoms with van der Waals surface area (Å²) in [6, 6.07) is 7.79. The maximum Gasteiger partial charge on any atom is 0.0949 e. The summed E-state index contributed by atoms with van der Waals surface area (Å²) in [7, 11) is 0. The summed E-state index contributed by atoms with van der Waals surface area (Å²) in [5.74, 6) is 0. The van der Waals surface area contributed by atoms with Crippen LogP contribution in [0.3, 0.4) is 0 Å². The molecule has 0 aliphatic carbocycles. The second-order valence-corrected chi connectivity index (χ2v) is 7.00. The molecule has 1 atom stereocenters. The van der Waals surface area contributed by atoms with Crippen LogP contribution in [0.4, 0.5) is 0 Å². The van der Waals surface area contributed by atoms with E-state index in [0.717, 1.165) is 18.5 Å². The molecule has 2 rings (SSSR count).